The fourth-order valence-electron chi connectivity index (χ4n) is 3.06. The van der Waals surface area contributed by atoms with Gasteiger partial charge in [0.15, 0.2) is 0 Å². The second-order valence-corrected chi connectivity index (χ2v) is 6.48. The molecule has 1 aliphatic heterocycles. The van der Waals surface area contributed by atoms with Crippen LogP contribution in [0.3, 0.4) is 0 Å². The summed E-state index contributed by atoms with van der Waals surface area (Å²) in [6.45, 7) is 7.56. The molecule has 1 heterocycles. The number of nitrogens with one attached hydrogen (secondary N) is 2. The molecule has 0 spiro atoms. The fourth-order valence-corrected chi connectivity index (χ4v) is 3.06. The summed E-state index contributed by atoms with van der Waals surface area (Å²) < 4.78 is 0. The summed E-state index contributed by atoms with van der Waals surface area (Å²) in [7, 11) is 0. The average molecular weight is 280 g/mol. The molecule has 0 aliphatic carbocycles. The minimum Gasteiger partial charge on any atom is -0.384 e. The second kappa shape index (κ2) is 5.90. The molecule has 0 fully saturated rings. The Morgan fingerprint density at radius 2 is 1.86 bits per heavy atom. The molecule has 0 bridgehead atoms. The van der Waals surface area contributed by atoms with Crippen molar-refractivity contribution in [2.75, 3.05) is 18.4 Å². The van der Waals surface area contributed by atoms with E-state index in [1.165, 1.54) is 22.4 Å². The number of hydrogen-bond acceptors (Lipinski definition) is 2. The summed E-state index contributed by atoms with van der Waals surface area (Å²) in [6, 6.07) is 17.4. The van der Waals surface area contributed by atoms with Gasteiger partial charge in [0.1, 0.15) is 0 Å². The molecule has 2 heteroatoms. The van der Waals surface area contributed by atoms with Gasteiger partial charge in [-0.15, -0.1) is 0 Å². The lowest BCUT2D eigenvalue weighted by Gasteiger charge is -2.26. The van der Waals surface area contributed by atoms with Gasteiger partial charge in [0.2, 0.25) is 0 Å². The average Bonchev–Trinajstić information content (AvgIpc) is 2.97. The molecule has 0 atom stereocenters. The molecule has 1 aliphatic rings. The van der Waals surface area contributed by atoms with E-state index in [0.717, 1.165) is 26.1 Å². The molecule has 21 heavy (non-hydrogen) atoms. The molecule has 3 rings (SSSR count). The Bertz CT molecular complexity index is 602. The van der Waals surface area contributed by atoms with Crippen molar-refractivity contribution in [1.82, 2.24) is 5.32 Å². The van der Waals surface area contributed by atoms with Crippen LogP contribution in [-0.4, -0.2) is 13.1 Å². The normalized spacial score (nSPS) is 13.8. The largest absolute Gasteiger partial charge is 0.384 e. The first-order valence-corrected chi connectivity index (χ1v) is 7.78. The van der Waals surface area contributed by atoms with Crippen molar-refractivity contribution < 1.29 is 0 Å². The van der Waals surface area contributed by atoms with Gasteiger partial charge in [0.25, 0.3) is 0 Å². The van der Waals surface area contributed by atoms with Crippen LogP contribution in [0.1, 0.15) is 30.5 Å². The number of anilines is 1. The Hall–Kier alpha value is -1.80. The zero-order chi connectivity index (χ0) is 14.7. The van der Waals surface area contributed by atoms with Crippen molar-refractivity contribution in [3.8, 4) is 0 Å². The predicted octanol–water partition coefficient (Wildman–Crippen LogP) is 3.72. The van der Waals surface area contributed by atoms with Crippen molar-refractivity contribution >= 4 is 5.69 Å². The lowest BCUT2D eigenvalue weighted by Crippen LogP contribution is -2.32. The summed E-state index contributed by atoms with van der Waals surface area (Å²) >= 11 is 0. The monoisotopic (exact) mass is 280 g/mol. The van der Waals surface area contributed by atoms with E-state index in [-0.39, 0.29) is 5.41 Å². The molecule has 0 saturated heterocycles. The highest BCUT2D eigenvalue weighted by molar-refractivity contribution is 5.61. The van der Waals surface area contributed by atoms with Crippen LogP contribution < -0.4 is 10.6 Å². The van der Waals surface area contributed by atoms with E-state index in [1.54, 1.807) is 0 Å². The Morgan fingerprint density at radius 1 is 1.05 bits per heavy atom. The maximum Gasteiger partial charge on any atom is 0.0419 e. The van der Waals surface area contributed by atoms with Gasteiger partial charge in [0.05, 0.1) is 0 Å². The van der Waals surface area contributed by atoms with E-state index >= 15 is 0 Å². The highest BCUT2D eigenvalue weighted by atomic mass is 14.9. The fraction of sp³-hybridized carbons (Fsp3) is 0.368. The van der Waals surface area contributed by atoms with Crippen molar-refractivity contribution in [3.05, 3.63) is 65.2 Å². The first kappa shape index (κ1) is 14.2. The van der Waals surface area contributed by atoms with Crippen LogP contribution in [0.25, 0.3) is 0 Å². The number of rotatable bonds is 5. The van der Waals surface area contributed by atoms with Crippen LogP contribution in [0.2, 0.25) is 0 Å². The molecular weight excluding hydrogens is 256 g/mol. The molecule has 0 aromatic heterocycles. The smallest absolute Gasteiger partial charge is 0.0419 e. The summed E-state index contributed by atoms with van der Waals surface area (Å²) in [6.07, 6.45) is 1.15. The lowest BCUT2D eigenvalue weighted by atomic mass is 9.84. The third-order valence-corrected chi connectivity index (χ3v) is 4.37. The van der Waals surface area contributed by atoms with Crippen LogP contribution in [-0.2, 0) is 18.4 Å². The van der Waals surface area contributed by atoms with Crippen LogP contribution in [0.4, 0.5) is 5.69 Å². The molecule has 0 amide bonds. The topological polar surface area (TPSA) is 24.1 Å². The highest BCUT2D eigenvalue weighted by Crippen LogP contribution is 2.27. The zero-order valence-corrected chi connectivity index (χ0v) is 12.9. The Kier molecular flexibility index (Phi) is 3.98. The number of fused-ring (bicyclic) bond motifs is 1. The molecule has 110 valence electrons. The van der Waals surface area contributed by atoms with E-state index in [9.17, 15) is 0 Å². The third kappa shape index (κ3) is 3.11. The van der Waals surface area contributed by atoms with E-state index < -0.39 is 0 Å². The number of benzene rings is 2. The molecular formula is C19H24N2. The van der Waals surface area contributed by atoms with Gasteiger partial charge < -0.3 is 10.6 Å². The SMILES string of the molecule is CC(C)(CNCc1cccc2c1NCC2)c1ccccc1. The van der Waals surface area contributed by atoms with Gasteiger partial charge in [-0.3, -0.25) is 0 Å². The predicted molar refractivity (Wildman–Crippen MR) is 89.8 cm³/mol. The van der Waals surface area contributed by atoms with E-state index in [0.29, 0.717) is 0 Å². The number of hydrogen-bond donors (Lipinski definition) is 2. The molecule has 2 aromatic rings. The maximum absolute atomic E-state index is 3.63. The summed E-state index contributed by atoms with van der Waals surface area (Å²) in [4.78, 5) is 0. The Balaban J connectivity index is 1.63. The van der Waals surface area contributed by atoms with Crippen LogP contribution in [0, 0.1) is 0 Å². The maximum atomic E-state index is 3.63. The summed E-state index contributed by atoms with van der Waals surface area (Å²) in [5.41, 5.74) is 5.72. The quantitative estimate of drug-likeness (QED) is 0.872. The standard InChI is InChI=1S/C19H24N2/c1-19(2,17-9-4-3-5-10-17)14-20-13-16-8-6-7-15-11-12-21-18(15)16/h3-10,20-21H,11-14H2,1-2H3. The molecule has 2 N–H and O–H groups in total. The van der Waals surface area contributed by atoms with Gasteiger partial charge in [0, 0.05) is 30.7 Å². The Morgan fingerprint density at radius 3 is 2.67 bits per heavy atom. The molecule has 0 radical (unpaired) electrons. The van der Waals surface area contributed by atoms with Gasteiger partial charge >= 0.3 is 0 Å². The Labute approximate surface area is 127 Å². The summed E-state index contributed by atoms with van der Waals surface area (Å²) in [5, 5.41) is 7.14. The van der Waals surface area contributed by atoms with Gasteiger partial charge in [-0.25, -0.2) is 0 Å². The van der Waals surface area contributed by atoms with Crippen molar-refractivity contribution in [1.29, 1.82) is 0 Å². The van der Waals surface area contributed by atoms with Crippen LogP contribution in [0.5, 0.6) is 0 Å². The second-order valence-electron chi connectivity index (χ2n) is 6.48. The lowest BCUT2D eigenvalue weighted by molar-refractivity contribution is 0.469. The van der Waals surface area contributed by atoms with Gasteiger partial charge in [-0.05, 0) is 23.1 Å². The molecule has 2 nitrogen and oxygen atoms in total. The van der Waals surface area contributed by atoms with Gasteiger partial charge in [-0.1, -0.05) is 62.4 Å². The van der Waals surface area contributed by atoms with Gasteiger partial charge in [-0.2, -0.15) is 0 Å². The number of para-hydroxylation sites is 1. The zero-order valence-electron chi connectivity index (χ0n) is 12.9. The van der Waals surface area contributed by atoms with Crippen molar-refractivity contribution in [2.45, 2.75) is 32.2 Å². The molecule has 0 unspecified atom stereocenters. The first-order chi connectivity index (χ1) is 10.2. The molecule has 2 aromatic carbocycles. The van der Waals surface area contributed by atoms with E-state index in [2.05, 4.69) is 73.0 Å². The van der Waals surface area contributed by atoms with Crippen LogP contribution in [0.15, 0.2) is 48.5 Å². The van der Waals surface area contributed by atoms with Crippen molar-refractivity contribution in [2.24, 2.45) is 0 Å². The summed E-state index contributed by atoms with van der Waals surface area (Å²) in [5.74, 6) is 0. The van der Waals surface area contributed by atoms with E-state index in [4.69, 9.17) is 0 Å². The first-order valence-electron chi connectivity index (χ1n) is 7.78. The minimum absolute atomic E-state index is 0.145. The highest BCUT2D eigenvalue weighted by Gasteiger charge is 2.20. The minimum atomic E-state index is 0.145. The van der Waals surface area contributed by atoms with Crippen LogP contribution >= 0.6 is 0 Å². The van der Waals surface area contributed by atoms with Crippen molar-refractivity contribution in [3.63, 3.8) is 0 Å². The van der Waals surface area contributed by atoms with E-state index in [1.807, 2.05) is 0 Å². The molecule has 0 saturated carbocycles. The third-order valence-electron chi connectivity index (χ3n) is 4.37.